The van der Waals surface area contributed by atoms with Crippen LogP contribution < -0.4 is 16.4 Å². The third kappa shape index (κ3) is 5.50. The molecule has 2 fully saturated rings. The minimum Gasteiger partial charge on any atom is -0.327 e. The summed E-state index contributed by atoms with van der Waals surface area (Å²) in [4.78, 5) is 29.2. The first-order valence-corrected chi connectivity index (χ1v) is 9.98. The molecule has 1 heterocycles. The van der Waals surface area contributed by atoms with E-state index in [4.69, 9.17) is 5.73 Å². The van der Waals surface area contributed by atoms with Crippen molar-refractivity contribution >= 4 is 48.0 Å². The molecule has 2 saturated carbocycles. The van der Waals surface area contributed by atoms with E-state index in [0.717, 1.165) is 25.7 Å². The molecular formula is C22H28Cl2N4O2. The average molecular weight is 451 g/mol. The van der Waals surface area contributed by atoms with Crippen LogP contribution in [0.4, 0.5) is 11.4 Å². The van der Waals surface area contributed by atoms with E-state index in [1.807, 2.05) is 6.07 Å². The van der Waals surface area contributed by atoms with Crippen molar-refractivity contribution in [3.63, 3.8) is 0 Å². The summed E-state index contributed by atoms with van der Waals surface area (Å²) in [5.74, 6) is 0.738. The van der Waals surface area contributed by atoms with Crippen LogP contribution in [0.1, 0.15) is 42.5 Å². The van der Waals surface area contributed by atoms with Crippen molar-refractivity contribution in [1.82, 2.24) is 4.98 Å². The van der Waals surface area contributed by atoms with Crippen molar-refractivity contribution in [1.29, 1.82) is 0 Å². The quantitative estimate of drug-likeness (QED) is 0.647. The number of hydrogen-bond acceptors (Lipinski definition) is 4. The predicted molar refractivity (Wildman–Crippen MR) is 123 cm³/mol. The van der Waals surface area contributed by atoms with Gasteiger partial charge in [-0.05, 0) is 67.9 Å². The minimum absolute atomic E-state index is 0. The first kappa shape index (κ1) is 24.1. The molecule has 0 aliphatic heterocycles. The van der Waals surface area contributed by atoms with Gasteiger partial charge in [-0.3, -0.25) is 14.6 Å². The number of aromatic nitrogens is 1. The molecular weight excluding hydrogens is 423 g/mol. The highest BCUT2D eigenvalue weighted by Crippen LogP contribution is 2.42. The highest BCUT2D eigenvalue weighted by Gasteiger charge is 2.40. The Morgan fingerprint density at radius 1 is 0.933 bits per heavy atom. The number of rotatable bonds is 4. The number of anilines is 2. The maximum Gasteiger partial charge on any atom is 0.255 e. The summed E-state index contributed by atoms with van der Waals surface area (Å²) in [7, 11) is 0. The number of fused-ring (bicyclic) bond motifs is 2. The number of carbonyl (C=O) groups is 2. The zero-order valence-electron chi connectivity index (χ0n) is 16.6. The van der Waals surface area contributed by atoms with Gasteiger partial charge in [-0.2, -0.15) is 0 Å². The monoisotopic (exact) mass is 450 g/mol. The minimum atomic E-state index is -0.222. The Morgan fingerprint density at radius 3 is 2.27 bits per heavy atom. The van der Waals surface area contributed by atoms with E-state index in [1.54, 1.807) is 42.7 Å². The number of amides is 2. The maximum absolute atomic E-state index is 12.8. The van der Waals surface area contributed by atoms with Crippen molar-refractivity contribution < 1.29 is 9.59 Å². The Kier molecular flexibility index (Phi) is 8.65. The van der Waals surface area contributed by atoms with Gasteiger partial charge in [0.2, 0.25) is 5.91 Å². The number of nitrogens with zero attached hydrogens (tertiary/aromatic N) is 1. The Hall–Kier alpha value is -2.15. The average Bonchev–Trinajstić information content (AvgIpc) is 2.68. The topological polar surface area (TPSA) is 97.1 Å². The summed E-state index contributed by atoms with van der Waals surface area (Å²) >= 11 is 0. The van der Waals surface area contributed by atoms with Gasteiger partial charge in [0.25, 0.3) is 5.91 Å². The SMILES string of the molecule is Cl.Cl.NC1C2CCCC1CC(C(=O)Nc1cccc(C(=O)Nc3ccncc3)c1)C2. The predicted octanol–water partition coefficient (Wildman–Crippen LogP) is 4.27. The van der Waals surface area contributed by atoms with Crippen LogP contribution >= 0.6 is 24.8 Å². The van der Waals surface area contributed by atoms with Gasteiger partial charge in [0.15, 0.2) is 0 Å². The molecule has 2 bridgehead atoms. The van der Waals surface area contributed by atoms with E-state index in [9.17, 15) is 9.59 Å². The summed E-state index contributed by atoms with van der Waals surface area (Å²) in [5, 5.41) is 5.83. The molecule has 4 rings (SSSR count). The van der Waals surface area contributed by atoms with Crippen molar-refractivity contribution in [2.45, 2.75) is 38.1 Å². The van der Waals surface area contributed by atoms with Crippen LogP contribution in [0.2, 0.25) is 0 Å². The highest BCUT2D eigenvalue weighted by molar-refractivity contribution is 6.05. The van der Waals surface area contributed by atoms with E-state index in [-0.39, 0.29) is 48.6 Å². The maximum atomic E-state index is 12.8. The zero-order chi connectivity index (χ0) is 19.5. The van der Waals surface area contributed by atoms with Gasteiger partial charge in [0, 0.05) is 41.3 Å². The van der Waals surface area contributed by atoms with Crippen LogP contribution in [-0.2, 0) is 4.79 Å². The highest BCUT2D eigenvalue weighted by atomic mass is 35.5. The van der Waals surface area contributed by atoms with Crippen molar-refractivity contribution in [3.05, 3.63) is 54.4 Å². The summed E-state index contributed by atoms with van der Waals surface area (Å²) in [6.45, 7) is 0. The molecule has 162 valence electrons. The number of benzene rings is 1. The Bertz CT molecular complexity index is 851. The molecule has 2 aromatic rings. The molecule has 1 aromatic heterocycles. The molecule has 30 heavy (non-hydrogen) atoms. The normalized spacial score (nSPS) is 24.6. The van der Waals surface area contributed by atoms with E-state index >= 15 is 0 Å². The third-order valence-corrected chi connectivity index (χ3v) is 6.11. The molecule has 1 aromatic carbocycles. The molecule has 0 spiro atoms. The lowest BCUT2D eigenvalue weighted by molar-refractivity contribution is -0.122. The van der Waals surface area contributed by atoms with Crippen LogP contribution in [-0.4, -0.2) is 22.8 Å². The molecule has 2 aliphatic carbocycles. The number of carbonyl (C=O) groups excluding carboxylic acids is 2. The molecule has 4 N–H and O–H groups in total. The summed E-state index contributed by atoms with van der Waals surface area (Å²) in [6, 6.07) is 10.7. The lowest BCUT2D eigenvalue weighted by Gasteiger charge is -2.43. The second-order valence-corrected chi connectivity index (χ2v) is 7.96. The van der Waals surface area contributed by atoms with Crippen LogP contribution in [0.3, 0.4) is 0 Å². The van der Waals surface area contributed by atoms with Gasteiger partial charge in [-0.1, -0.05) is 12.5 Å². The van der Waals surface area contributed by atoms with Crippen LogP contribution in [0.5, 0.6) is 0 Å². The fraction of sp³-hybridized carbons (Fsp3) is 0.409. The fourth-order valence-corrected chi connectivity index (χ4v) is 4.62. The van der Waals surface area contributed by atoms with E-state index in [2.05, 4.69) is 15.6 Å². The number of pyridine rings is 1. The molecule has 0 radical (unpaired) electrons. The second-order valence-electron chi connectivity index (χ2n) is 7.96. The van der Waals surface area contributed by atoms with Gasteiger partial charge in [0.1, 0.15) is 0 Å². The molecule has 2 aliphatic rings. The molecule has 6 nitrogen and oxygen atoms in total. The molecule has 8 heteroatoms. The summed E-state index contributed by atoms with van der Waals surface area (Å²) < 4.78 is 0. The van der Waals surface area contributed by atoms with E-state index in [1.165, 1.54) is 6.42 Å². The summed E-state index contributed by atoms with van der Waals surface area (Å²) in [5.41, 5.74) is 8.16. The Morgan fingerprint density at radius 2 is 1.60 bits per heavy atom. The Labute approximate surface area is 189 Å². The van der Waals surface area contributed by atoms with Gasteiger partial charge < -0.3 is 16.4 Å². The Balaban J connectivity index is 0.00000160. The second kappa shape index (κ2) is 10.8. The van der Waals surface area contributed by atoms with Crippen LogP contribution in [0.25, 0.3) is 0 Å². The third-order valence-electron chi connectivity index (χ3n) is 6.11. The molecule has 2 amide bonds. The first-order valence-electron chi connectivity index (χ1n) is 9.98. The number of nitrogens with one attached hydrogen (secondary N) is 2. The van der Waals surface area contributed by atoms with E-state index < -0.39 is 0 Å². The fourth-order valence-electron chi connectivity index (χ4n) is 4.62. The van der Waals surface area contributed by atoms with Crippen molar-refractivity contribution in [2.75, 3.05) is 10.6 Å². The van der Waals surface area contributed by atoms with Crippen LogP contribution in [0.15, 0.2) is 48.8 Å². The molecule has 0 saturated heterocycles. The molecule has 2 unspecified atom stereocenters. The van der Waals surface area contributed by atoms with Gasteiger partial charge >= 0.3 is 0 Å². The number of nitrogens with two attached hydrogens (primary N) is 1. The molecule has 2 atom stereocenters. The largest absolute Gasteiger partial charge is 0.327 e. The number of halogens is 2. The van der Waals surface area contributed by atoms with Gasteiger partial charge in [-0.25, -0.2) is 0 Å². The first-order chi connectivity index (χ1) is 13.6. The van der Waals surface area contributed by atoms with Gasteiger partial charge in [0.05, 0.1) is 0 Å². The number of hydrogen-bond donors (Lipinski definition) is 3. The van der Waals surface area contributed by atoms with Crippen LogP contribution in [0, 0.1) is 17.8 Å². The van der Waals surface area contributed by atoms with Crippen molar-refractivity contribution in [3.8, 4) is 0 Å². The van der Waals surface area contributed by atoms with E-state index in [0.29, 0.717) is 28.8 Å². The lowest BCUT2D eigenvalue weighted by atomic mass is 9.65. The summed E-state index contributed by atoms with van der Waals surface area (Å²) in [6.07, 6.45) is 8.47. The lowest BCUT2D eigenvalue weighted by Crippen LogP contribution is -2.48. The van der Waals surface area contributed by atoms with Crippen molar-refractivity contribution in [2.24, 2.45) is 23.5 Å². The van der Waals surface area contributed by atoms with Gasteiger partial charge in [-0.15, -0.1) is 24.8 Å². The zero-order valence-corrected chi connectivity index (χ0v) is 18.3. The smallest absolute Gasteiger partial charge is 0.255 e. The standard InChI is InChI=1S/C22H26N4O2.2ClH/c23-20-14-3-1-4-15(20)12-17(11-14)22(28)26-19-6-2-5-16(13-19)21(27)25-18-7-9-24-10-8-18;;/h2,5-10,13-15,17,20H,1,3-4,11-12,23H2,(H,26,28)(H,24,25,27);2*1H.